The van der Waals surface area contributed by atoms with Crippen molar-refractivity contribution in [1.82, 2.24) is 4.57 Å². The summed E-state index contributed by atoms with van der Waals surface area (Å²) in [6.45, 7) is 0. The van der Waals surface area contributed by atoms with Gasteiger partial charge in [0.2, 0.25) is 0 Å². The van der Waals surface area contributed by atoms with Crippen LogP contribution in [0.25, 0.3) is 110 Å². The molecule has 0 aliphatic heterocycles. The van der Waals surface area contributed by atoms with E-state index in [-0.39, 0.29) is 0 Å². The second-order valence-corrected chi connectivity index (χ2v) is 20.1. The lowest BCUT2D eigenvalue weighted by molar-refractivity contribution is 1.18. The highest BCUT2D eigenvalue weighted by atomic mass is 32.1. The van der Waals surface area contributed by atoms with Crippen LogP contribution in [0, 0.1) is 0 Å². The van der Waals surface area contributed by atoms with E-state index in [0.29, 0.717) is 0 Å². The fourth-order valence-electron chi connectivity index (χ4n) is 10.2. The molecule has 0 fully saturated rings. The highest BCUT2D eigenvalue weighted by Gasteiger charge is 2.22. The van der Waals surface area contributed by atoms with Gasteiger partial charge in [0.05, 0.1) is 11.0 Å². The van der Waals surface area contributed by atoms with E-state index in [9.17, 15) is 0 Å². The lowest BCUT2D eigenvalue weighted by atomic mass is 10.0. The molecule has 0 spiro atoms. The summed E-state index contributed by atoms with van der Waals surface area (Å²) in [7, 11) is 0. The minimum absolute atomic E-state index is 1.11. The molecule has 65 heavy (non-hydrogen) atoms. The quantitative estimate of drug-likeness (QED) is 0.162. The van der Waals surface area contributed by atoms with Gasteiger partial charge in [-0.05, 0) is 119 Å². The van der Waals surface area contributed by atoms with Gasteiger partial charge < -0.3 is 9.47 Å². The molecule has 0 bridgehead atoms. The third kappa shape index (κ3) is 5.76. The summed E-state index contributed by atoms with van der Waals surface area (Å²) in [6, 6.07) is 80.6. The van der Waals surface area contributed by atoms with Gasteiger partial charge in [0.1, 0.15) is 0 Å². The normalized spacial score (nSPS) is 12.0. The number of rotatable bonds is 6. The Morgan fingerprint density at radius 2 is 0.677 bits per heavy atom. The van der Waals surface area contributed by atoms with Crippen molar-refractivity contribution in [1.29, 1.82) is 0 Å². The molecule has 10 aromatic carbocycles. The lowest BCUT2D eigenvalue weighted by Gasteiger charge is -2.26. The third-order valence-electron chi connectivity index (χ3n) is 13.2. The summed E-state index contributed by atoms with van der Waals surface area (Å²) in [5.74, 6) is 0. The lowest BCUT2D eigenvalue weighted by Crippen LogP contribution is -2.09. The van der Waals surface area contributed by atoms with Crippen LogP contribution in [0.5, 0.6) is 0 Å². The molecule has 0 N–H and O–H groups in total. The van der Waals surface area contributed by atoms with E-state index in [4.69, 9.17) is 0 Å². The molecular formula is C60H36N2S3. The predicted octanol–water partition coefficient (Wildman–Crippen LogP) is 18.7. The Kier molecular flexibility index (Phi) is 8.23. The van der Waals surface area contributed by atoms with Crippen LogP contribution in [-0.4, -0.2) is 4.57 Å². The number of anilines is 3. The first-order valence-corrected chi connectivity index (χ1v) is 24.4. The SMILES string of the molecule is c1ccc(-c2ccc(N(c3ccc(-c4ccc(-n5c6ccc7sc8ccccc8c7c6c6c7c(ccc65)sc5ccccc57)cc4)cc3)c3ccc4sc5ccccc5c4c3)cc2)cc1. The van der Waals surface area contributed by atoms with Crippen molar-refractivity contribution < 1.29 is 0 Å². The van der Waals surface area contributed by atoms with Crippen molar-refractivity contribution in [3.8, 4) is 27.9 Å². The Morgan fingerprint density at radius 1 is 0.277 bits per heavy atom. The summed E-state index contributed by atoms with van der Waals surface area (Å²) in [4.78, 5) is 2.39. The van der Waals surface area contributed by atoms with Crippen molar-refractivity contribution in [2.45, 2.75) is 0 Å². The molecule has 0 saturated heterocycles. The minimum Gasteiger partial charge on any atom is -0.310 e. The monoisotopic (exact) mass is 880 g/mol. The summed E-state index contributed by atoms with van der Waals surface area (Å²) < 4.78 is 10.4. The standard InChI is InChI=1S/C60H36N2S3/c1-2-10-37(11-3-1)38-18-24-41(25-19-38)61(44-30-33-54-48(36-44)45-12-4-7-15-51(45)63-54)42-26-20-39(21-27-42)40-22-28-43(29-23-40)62-49-31-34-55-57(46-13-5-8-16-52(46)64-55)59(49)60-50(62)32-35-56-58(60)47-14-6-9-17-53(47)65-56/h1-36H. The molecule has 2 nitrogen and oxygen atoms in total. The van der Waals surface area contributed by atoms with Gasteiger partial charge in [0, 0.05) is 94.0 Å². The molecule has 0 aliphatic rings. The van der Waals surface area contributed by atoms with Crippen LogP contribution >= 0.6 is 34.0 Å². The summed E-state index contributed by atoms with van der Waals surface area (Å²) in [5, 5.41) is 10.6. The summed E-state index contributed by atoms with van der Waals surface area (Å²) >= 11 is 5.64. The number of nitrogens with zero attached hydrogens (tertiary/aromatic N) is 2. The first-order valence-electron chi connectivity index (χ1n) is 22.0. The molecule has 4 heterocycles. The second kappa shape index (κ2) is 14.5. The minimum atomic E-state index is 1.11. The van der Waals surface area contributed by atoms with E-state index in [2.05, 4.69) is 228 Å². The van der Waals surface area contributed by atoms with Gasteiger partial charge in [-0.25, -0.2) is 0 Å². The highest BCUT2D eigenvalue weighted by Crippen LogP contribution is 2.48. The number of hydrogen-bond donors (Lipinski definition) is 0. The molecular weight excluding hydrogens is 845 g/mol. The van der Waals surface area contributed by atoms with Crippen LogP contribution in [0.4, 0.5) is 17.1 Å². The average Bonchev–Trinajstić information content (AvgIpc) is 4.13. The molecule has 4 aromatic heterocycles. The van der Waals surface area contributed by atoms with Gasteiger partial charge in [-0.15, -0.1) is 34.0 Å². The van der Waals surface area contributed by atoms with Crippen molar-refractivity contribution >= 4 is 133 Å². The van der Waals surface area contributed by atoms with Crippen LogP contribution < -0.4 is 4.90 Å². The zero-order valence-electron chi connectivity index (χ0n) is 34.9. The zero-order valence-corrected chi connectivity index (χ0v) is 37.4. The fraction of sp³-hybridized carbons (Fsp3) is 0. The topological polar surface area (TPSA) is 8.17 Å². The predicted molar refractivity (Wildman–Crippen MR) is 285 cm³/mol. The van der Waals surface area contributed by atoms with Crippen LogP contribution in [0.2, 0.25) is 0 Å². The van der Waals surface area contributed by atoms with Gasteiger partial charge in [0.25, 0.3) is 0 Å². The Morgan fingerprint density at radius 3 is 1.23 bits per heavy atom. The first-order chi connectivity index (χ1) is 32.2. The molecule has 0 amide bonds. The maximum Gasteiger partial charge on any atom is 0.0548 e. The number of fused-ring (bicyclic) bond motifs is 14. The van der Waals surface area contributed by atoms with Gasteiger partial charge in [0.15, 0.2) is 0 Å². The third-order valence-corrected chi connectivity index (χ3v) is 16.6. The summed E-state index contributed by atoms with van der Waals surface area (Å²) in [5.41, 5.74) is 11.8. The Bertz CT molecular complexity index is 4030. The molecule has 14 rings (SSSR count). The molecule has 0 aliphatic carbocycles. The van der Waals surface area contributed by atoms with Gasteiger partial charge >= 0.3 is 0 Å². The number of benzene rings is 10. The number of thiophene rings is 3. The van der Waals surface area contributed by atoms with Crippen LogP contribution in [-0.2, 0) is 0 Å². The molecule has 0 unspecified atom stereocenters. The van der Waals surface area contributed by atoms with Gasteiger partial charge in [-0.1, -0.05) is 121 Å². The molecule has 14 aromatic rings. The van der Waals surface area contributed by atoms with Crippen LogP contribution in [0.3, 0.4) is 0 Å². The average molecular weight is 881 g/mol. The van der Waals surface area contributed by atoms with E-state index < -0.39 is 0 Å². The van der Waals surface area contributed by atoms with Crippen molar-refractivity contribution in [3.05, 3.63) is 218 Å². The number of hydrogen-bond acceptors (Lipinski definition) is 4. The van der Waals surface area contributed by atoms with Crippen molar-refractivity contribution in [2.24, 2.45) is 0 Å². The van der Waals surface area contributed by atoms with Crippen LogP contribution in [0.15, 0.2) is 218 Å². The molecule has 5 heteroatoms. The molecule has 0 radical (unpaired) electrons. The zero-order chi connectivity index (χ0) is 42.6. The largest absolute Gasteiger partial charge is 0.310 e. The van der Waals surface area contributed by atoms with E-state index >= 15 is 0 Å². The molecule has 0 atom stereocenters. The molecule has 0 saturated carbocycles. The maximum absolute atomic E-state index is 2.49. The first kappa shape index (κ1) is 36.9. The fourth-order valence-corrected chi connectivity index (χ4v) is 13.6. The van der Waals surface area contributed by atoms with Gasteiger partial charge in [-0.3, -0.25) is 0 Å². The van der Waals surface area contributed by atoms with Crippen molar-refractivity contribution in [2.75, 3.05) is 4.90 Å². The summed E-state index contributed by atoms with van der Waals surface area (Å²) in [6.07, 6.45) is 0. The second-order valence-electron chi connectivity index (χ2n) is 16.8. The highest BCUT2D eigenvalue weighted by molar-refractivity contribution is 7.27. The Labute approximate surface area is 386 Å². The number of aromatic nitrogens is 1. The van der Waals surface area contributed by atoms with E-state index in [1.165, 1.54) is 105 Å². The maximum atomic E-state index is 2.49. The Balaban J connectivity index is 0.882. The van der Waals surface area contributed by atoms with E-state index in [0.717, 1.165) is 22.7 Å². The van der Waals surface area contributed by atoms with E-state index in [1.54, 1.807) is 0 Å². The van der Waals surface area contributed by atoms with Crippen molar-refractivity contribution in [3.63, 3.8) is 0 Å². The van der Waals surface area contributed by atoms with E-state index in [1.807, 2.05) is 34.0 Å². The molecule has 304 valence electrons. The van der Waals surface area contributed by atoms with Crippen LogP contribution in [0.1, 0.15) is 0 Å². The Hall–Kier alpha value is -7.54. The smallest absolute Gasteiger partial charge is 0.0548 e. The van der Waals surface area contributed by atoms with Gasteiger partial charge in [-0.2, -0.15) is 0 Å².